The van der Waals surface area contributed by atoms with Crippen molar-refractivity contribution in [2.45, 2.75) is 83.0 Å². The molecule has 8 heteroatoms. The van der Waals surface area contributed by atoms with Crippen LogP contribution in [0.25, 0.3) is 11.0 Å². The first-order valence-corrected chi connectivity index (χ1v) is 16.8. The molecule has 0 bridgehead atoms. The number of anilines is 1. The first-order valence-electron chi connectivity index (χ1n) is 13.1. The Kier molecular flexibility index (Phi) is 6.74. The number of hydrogen-bond donors (Lipinski definition) is 1. The van der Waals surface area contributed by atoms with Gasteiger partial charge in [-0.15, -0.1) is 0 Å². The Labute approximate surface area is 204 Å². The lowest BCUT2D eigenvalue weighted by Crippen LogP contribution is -2.50. The minimum Gasteiger partial charge on any atom is -0.361 e. The van der Waals surface area contributed by atoms with E-state index in [9.17, 15) is 4.79 Å². The van der Waals surface area contributed by atoms with E-state index in [4.69, 9.17) is 9.72 Å². The van der Waals surface area contributed by atoms with Crippen LogP contribution in [0.3, 0.4) is 0 Å². The molecule has 1 N–H and O–H groups in total. The predicted molar refractivity (Wildman–Crippen MR) is 140 cm³/mol. The molecule has 2 aromatic heterocycles. The van der Waals surface area contributed by atoms with Gasteiger partial charge in [0.2, 0.25) is 0 Å². The van der Waals surface area contributed by atoms with Crippen LogP contribution in [0.5, 0.6) is 0 Å². The van der Waals surface area contributed by atoms with E-state index in [2.05, 4.69) is 46.7 Å². The number of hydrogen-bond acceptors (Lipinski definition) is 5. The van der Waals surface area contributed by atoms with Crippen LogP contribution in [0.15, 0.2) is 18.5 Å². The Hall–Kier alpha value is -1.90. The van der Waals surface area contributed by atoms with Crippen molar-refractivity contribution in [2.75, 3.05) is 31.8 Å². The second-order valence-corrected chi connectivity index (χ2v) is 17.5. The molecule has 3 heterocycles. The Morgan fingerprint density at radius 2 is 1.91 bits per heavy atom. The van der Waals surface area contributed by atoms with Gasteiger partial charge >= 0.3 is 0 Å². The lowest BCUT2D eigenvalue weighted by atomic mass is 9.84. The molecule has 7 nitrogen and oxygen atoms in total. The van der Waals surface area contributed by atoms with E-state index in [1.807, 2.05) is 11.9 Å². The van der Waals surface area contributed by atoms with Crippen LogP contribution in [-0.4, -0.2) is 67.4 Å². The number of aromatic nitrogens is 2. The van der Waals surface area contributed by atoms with Gasteiger partial charge in [-0.25, -0.2) is 4.98 Å². The van der Waals surface area contributed by atoms with E-state index in [1.54, 1.807) is 6.20 Å². The van der Waals surface area contributed by atoms with Crippen molar-refractivity contribution in [2.24, 2.45) is 5.92 Å². The van der Waals surface area contributed by atoms with Crippen LogP contribution in [-0.2, 0) is 11.5 Å². The Bertz CT molecular complexity index is 1020. The third-order valence-electron chi connectivity index (χ3n) is 7.75. The maximum absolute atomic E-state index is 13.0. The van der Waals surface area contributed by atoms with Crippen molar-refractivity contribution < 1.29 is 9.53 Å². The lowest BCUT2D eigenvalue weighted by molar-refractivity contribution is 0.0774. The zero-order chi connectivity index (χ0) is 23.9. The van der Waals surface area contributed by atoms with E-state index in [1.165, 1.54) is 45.1 Å². The molecule has 186 valence electrons. The summed E-state index contributed by atoms with van der Waals surface area (Å²) in [6.07, 6.45) is 11.4. The van der Waals surface area contributed by atoms with Gasteiger partial charge in [-0.3, -0.25) is 4.79 Å². The number of rotatable bonds is 9. The molecule has 2 fully saturated rings. The maximum atomic E-state index is 13.0. The molecule has 0 saturated heterocycles. The average Bonchev–Trinajstić information content (AvgIpc) is 3.55. The van der Waals surface area contributed by atoms with Crippen molar-refractivity contribution in [1.29, 1.82) is 0 Å². The van der Waals surface area contributed by atoms with Crippen LogP contribution in [0.2, 0.25) is 25.7 Å². The van der Waals surface area contributed by atoms with Gasteiger partial charge < -0.3 is 24.4 Å². The van der Waals surface area contributed by atoms with Crippen LogP contribution in [0.1, 0.15) is 48.9 Å². The van der Waals surface area contributed by atoms with E-state index in [0.29, 0.717) is 19.4 Å². The van der Waals surface area contributed by atoms with Crippen LogP contribution in [0, 0.1) is 5.92 Å². The first kappa shape index (κ1) is 23.8. The molecule has 1 amide bonds. The van der Waals surface area contributed by atoms with E-state index in [0.717, 1.165) is 46.9 Å². The number of pyridine rings is 1. The molecule has 0 unspecified atom stereocenters. The maximum Gasteiger partial charge on any atom is 0.258 e. The zero-order valence-electron chi connectivity index (χ0n) is 21.3. The molecule has 2 aromatic rings. The van der Waals surface area contributed by atoms with Gasteiger partial charge in [0.1, 0.15) is 12.4 Å². The smallest absolute Gasteiger partial charge is 0.258 e. The van der Waals surface area contributed by atoms with Crippen LogP contribution in [0.4, 0.5) is 5.69 Å². The number of carbonyl (C=O) groups is 1. The Balaban J connectivity index is 1.33. The lowest BCUT2D eigenvalue weighted by Gasteiger charge is -2.44. The summed E-state index contributed by atoms with van der Waals surface area (Å²) < 4.78 is 8.09. The molecule has 1 aliphatic heterocycles. The SMILES string of the molecule is CN1CN(C2CCC(CNC3CC3)CC2)c2c(cnc3c2ccn3COCC[Si](C)(C)C)C1=O. The molecule has 2 aliphatic carbocycles. The fourth-order valence-corrected chi connectivity index (χ4v) is 6.14. The summed E-state index contributed by atoms with van der Waals surface area (Å²) in [4.78, 5) is 22.1. The fraction of sp³-hybridized carbons (Fsp3) is 0.692. The van der Waals surface area contributed by atoms with E-state index < -0.39 is 8.07 Å². The number of ether oxygens (including phenoxy) is 1. The molecule has 5 rings (SSSR count). The molecule has 0 aromatic carbocycles. The number of fused-ring (bicyclic) bond motifs is 3. The molecule has 0 atom stereocenters. The number of nitrogens with zero attached hydrogens (tertiary/aromatic N) is 4. The Morgan fingerprint density at radius 3 is 2.62 bits per heavy atom. The standard InChI is InChI=1S/C26H41N5O2Si/c1-29-17-31(21-9-5-19(6-10-21)15-27-20-7-8-20)24-22-11-12-30(18-33-13-14-34(2,3)4)25(22)28-16-23(24)26(29)32/h11-12,16,19-21,27H,5-10,13-15,17-18H2,1-4H3. The summed E-state index contributed by atoms with van der Waals surface area (Å²) in [5.41, 5.74) is 2.72. The topological polar surface area (TPSA) is 62.6 Å². The highest BCUT2D eigenvalue weighted by Crippen LogP contribution is 2.39. The number of amides is 1. The van der Waals surface area contributed by atoms with Crippen molar-refractivity contribution in [3.63, 3.8) is 0 Å². The summed E-state index contributed by atoms with van der Waals surface area (Å²) in [7, 11) is 0.797. The molecular formula is C26H41N5O2Si. The summed E-state index contributed by atoms with van der Waals surface area (Å²) in [5.74, 6) is 0.856. The highest BCUT2D eigenvalue weighted by Gasteiger charge is 2.35. The number of carbonyl (C=O) groups excluding carboxylic acids is 1. The minimum atomic E-state index is -1.11. The second kappa shape index (κ2) is 9.63. The Morgan fingerprint density at radius 1 is 1.15 bits per heavy atom. The molecule has 3 aliphatic rings. The first-order chi connectivity index (χ1) is 16.3. The summed E-state index contributed by atoms with van der Waals surface area (Å²) in [5, 5.41) is 4.79. The largest absolute Gasteiger partial charge is 0.361 e. The summed E-state index contributed by atoms with van der Waals surface area (Å²) in [6.45, 7) is 10.2. The van der Waals surface area contributed by atoms with Gasteiger partial charge in [-0.05, 0) is 63.1 Å². The predicted octanol–water partition coefficient (Wildman–Crippen LogP) is 4.51. The van der Waals surface area contributed by atoms with Crippen molar-refractivity contribution in [3.05, 3.63) is 24.0 Å². The molecule has 0 radical (unpaired) electrons. The van der Waals surface area contributed by atoms with Crippen molar-refractivity contribution >= 4 is 30.7 Å². The molecule has 34 heavy (non-hydrogen) atoms. The minimum absolute atomic E-state index is 0.0714. The van der Waals surface area contributed by atoms with Gasteiger partial charge in [0.15, 0.2) is 0 Å². The summed E-state index contributed by atoms with van der Waals surface area (Å²) in [6, 6.07) is 4.53. The van der Waals surface area contributed by atoms with Gasteiger partial charge in [0.25, 0.3) is 5.91 Å². The molecular weight excluding hydrogens is 442 g/mol. The summed E-state index contributed by atoms with van der Waals surface area (Å²) >= 11 is 0. The normalized spacial score (nSPS) is 23.6. The average molecular weight is 484 g/mol. The van der Waals surface area contributed by atoms with Gasteiger partial charge in [0.05, 0.1) is 17.9 Å². The second-order valence-electron chi connectivity index (χ2n) is 11.9. The highest BCUT2D eigenvalue weighted by atomic mass is 28.3. The van der Waals surface area contributed by atoms with Gasteiger partial charge in [0, 0.05) is 51.6 Å². The van der Waals surface area contributed by atoms with E-state index in [-0.39, 0.29) is 5.91 Å². The fourth-order valence-electron chi connectivity index (χ4n) is 5.38. The zero-order valence-corrected chi connectivity index (χ0v) is 22.3. The van der Waals surface area contributed by atoms with Gasteiger partial charge in [-0.2, -0.15) is 0 Å². The third-order valence-corrected chi connectivity index (χ3v) is 9.45. The monoisotopic (exact) mass is 483 g/mol. The quantitative estimate of drug-likeness (QED) is 0.420. The van der Waals surface area contributed by atoms with Gasteiger partial charge in [-0.1, -0.05) is 19.6 Å². The van der Waals surface area contributed by atoms with Crippen molar-refractivity contribution in [3.8, 4) is 0 Å². The van der Waals surface area contributed by atoms with Crippen molar-refractivity contribution in [1.82, 2.24) is 19.8 Å². The van der Waals surface area contributed by atoms with Crippen LogP contribution >= 0.6 is 0 Å². The van der Waals surface area contributed by atoms with Crippen LogP contribution < -0.4 is 10.2 Å². The number of nitrogens with one attached hydrogen (secondary N) is 1. The molecule has 2 saturated carbocycles. The molecule has 0 spiro atoms. The van der Waals surface area contributed by atoms with E-state index >= 15 is 0 Å². The highest BCUT2D eigenvalue weighted by molar-refractivity contribution is 6.76. The third kappa shape index (κ3) is 5.19.